The van der Waals surface area contributed by atoms with Gasteiger partial charge in [-0.15, -0.1) is 0 Å². The Morgan fingerprint density at radius 1 is 1.04 bits per heavy atom. The fourth-order valence-corrected chi connectivity index (χ4v) is 4.21. The molecule has 2 heterocycles. The molecule has 0 saturated carbocycles. The largest absolute Gasteiger partial charge is 0.493 e. The van der Waals surface area contributed by atoms with Crippen LogP contribution in [-0.2, 0) is 4.79 Å². The molecular weight excluding hydrogens is 372 g/mol. The van der Waals surface area contributed by atoms with Crippen molar-refractivity contribution in [2.24, 2.45) is 0 Å². The Balaban J connectivity index is 1.72. The van der Waals surface area contributed by atoms with Gasteiger partial charge in [-0.3, -0.25) is 19.3 Å². The van der Waals surface area contributed by atoms with Gasteiger partial charge < -0.3 is 19.1 Å². The third-order valence-electron chi connectivity index (χ3n) is 4.81. The van der Waals surface area contributed by atoms with Crippen molar-refractivity contribution in [3.05, 3.63) is 17.7 Å². The van der Waals surface area contributed by atoms with Gasteiger partial charge in [-0.2, -0.15) is 0 Å². The summed E-state index contributed by atoms with van der Waals surface area (Å²) in [5, 5.41) is -0.186. The molecule has 1 aromatic carbocycles. The maximum atomic E-state index is 12.9. The molecule has 8 nitrogen and oxygen atoms in total. The Hall–Kier alpha value is -2.42. The number of nitrogens with zero attached hydrogens (tertiary/aromatic N) is 2. The lowest BCUT2D eigenvalue weighted by Gasteiger charge is -2.35. The first-order valence-electron chi connectivity index (χ1n) is 8.58. The van der Waals surface area contributed by atoms with Crippen LogP contribution in [0.2, 0.25) is 0 Å². The second-order valence-corrected chi connectivity index (χ2v) is 7.18. The van der Waals surface area contributed by atoms with E-state index in [0.29, 0.717) is 48.7 Å². The molecule has 2 fully saturated rings. The van der Waals surface area contributed by atoms with E-state index in [-0.39, 0.29) is 28.8 Å². The van der Waals surface area contributed by atoms with Crippen molar-refractivity contribution in [3.8, 4) is 17.2 Å². The van der Waals surface area contributed by atoms with Gasteiger partial charge in [-0.1, -0.05) is 11.8 Å². The fraction of sp³-hybridized carbons (Fsp3) is 0.500. The molecule has 27 heavy (non-hydrogen) atoms. The molecule has 0 bridgehead atoms. The quantitative estimate of drug-likeness (QED) is 0.755. The Morgan fingerprint density at radius 3 is 2.07 bits per heavy atom. The minimum atomic E-state index is -0.186. The number of carbonyl (C=O) groups is 3. The number of rotatable bonds is 5. The van der Waals surface area contributed by atoms with Gasteiger partial charge in [0.05, 0.1) is 27.1 Å². The number of benzene rings is 1. The average Bonchev–Trinajstić information content (AvgIpc) is 3.04. The Labute approximate surface area is 161 Å². The molecule has 0 N–H and O–H groups in total. The monoisotopic (exact) mass is 394 g/mol. The van der Waals surface area contributed by atoms with E-state index >= 15 is 0 Å². The molecule has 0 atom stereocenters. The summed E-state index contributed by atoms with van der Waals surface area (Å²) in [5.74, 6) is 1.18. The predicted molar refractivity (Wildman–Crippen MR) is 99.7 cm³/mol. The van der Waals surface area contributed by atoms with E-state index in [0.717, 1.165) is 11.8 Å². The lowest BCUT2D eigenvalue weighted by Crippen LogP contribution is -2.48. The molecular formula is C18H22N2O6S. The first kappa shape index (κ1) is 19.3. The summed E-state index contributed by atoms with van der Waals surface area (Å²) in [6, 6.07) is 3.11. The molecule has 146 valence electrons. The lowest BCUT2D eigenvalue weighted by molar-refractivity contribution is -0.126. The lowest BCUT2D eigenvalue weighted by atomic mass is 10.0. The molecule has 2 aliphatic rings. The van der Waals surface area contributed by atoms with Crippen LogP contribution in [0.5, 0.6) is 17.2 Å². The topological polar surface area (TPSA) is 85.4 Å². The van der Waals surface area contributed by atoms with Gasteiger partial charge in [-0.05, 0) is 25.0 Å². The summed E-state index contributed by atoms with van der Waals surface area (Å²) in [7, 11) is 4.50. The normalized spacial score (nSPS) is 18.0. The summed E-state index contributed by atoms with van der Waals surface area (Å²) in [5.41, 5.74) is 0.437. The highest BCUT2D eigenvalue weighted by Crippen LogP contribution is 2.38. The van der Waals surface area contributed by atoms with E-state index in [2.05, 4.69) is 0 Å². The standard InChI is InChI=1S/C18H22N2O6S/c1-24-13-8-11(9-14(25-2)16(13)26-3)17(22)19-6-4-12(5-7-19)20-15(21)10-27-18(20)23/h8-9,12H,4-7,10H2,1-3H3. The highest BCUT2D eigenvalue weighted by atomic mass is 32.2. The average molecular weight is 394 g/mol. The highest BCUT2D eigenvalue weighted by Gasteiger charge is 2.38. The Kier molecular flexibility index (Phi) is 5.79. The van der Waals surface area contributed by atoms with Crippen molar-refractivity contribution in [2.75, 3.05) is 40.2 Å². The van der Waals surface area contributed by atoms with Crippen LogP contribution >= 0.6 is 11.8 Å². The third kappa shape index (κ3) is 3.69. The van der Waals surface area contributed by atoms with E-state index in [4.69, 9.17) is 14.2 Å². The minimum absolute atomic E-state index is 0.135. The van der Waals surface area contributed by atoms with Crippen molar-refractivity contribution >= 4 is 28.8 Å². The second-order valence-electron chi connectivity index (χ2n) is 6.26. The summed E-state index contributed by atoms with van der Waals surface area (Å²) in [6.07, 6.45) is 1.16. The minimum Gasteiger partial charge on any atom is -0.493 e. The fourth-order valence-electron chi connectivity index (χ4n) is 3.43. The zero-order valence-corrected chi connectivity index (χ0v) is 16.3. The predicted octanol–water partition coefficient (Wildman–Crippen LogP) is 2.01. The maximum absolute atomic E-state index is 12.9. The van der Waals surface area contributed by atoms with Crippen LogP contribution in [0.4, 0.5) is 4.79 Å². The van der Waals surface area contributed by atoms with E-state index in [9.17, 15) is 14.4 Å². The van der Waals surface area contributed by atoms with Crippen LogP contribution in [0, 0.1) is 0 Å². The number of piperidine rings is 1. The number of ether oxygens (including phenoxy) is 3. The Morgan fingerprint density at radius 2 is 1.63 bits per heavy atom. The smallest absolute Gasteiger partial charge is 0.289 e. The zero-order chi connectivity index (χ0) is 19.6. The first-order chi connectivity index (χ1) is 13.0. The van der Waals surface area contributed by atoms with E-state index in [1.807, 2.05) is 0 Å². The van der Waals surface area contributed by atoms with Crippen LogP contribution in [-0.4, -0.2) is 73.1 Å². The molecule has 9 heteroatoms. The number of hydrogen-bond donors (Lipinski definition) is 0. The van der Waals surface area contributed by atoms with E-state index < -0.39 is 0 Å². The SMILES string of the molecule is COc1cc(C(=O)N2CCC(N3C(=O)CSC3=O)CC2)cc(OC)c1OC. The number of amides is 3. The molecule has 0 aromatic heterocycles. The zero-order valence-electron chi connectivity index (χ0n) is 15.5. The molecule has 3 amide bonds. The summed E-state index contributed by atoms with van der Waals surface area (Å²) in [6.45, 7) is 0.948. The van der Waals surface area contributed by atoms with Gasteiger partial charge in [-0.25, -0.2) is 0 Å². The van der Waals surface area contributed by atoms with Crippen molar-refractivity contribution in [1.82, 2.24) is 9.80 Å². The number of thioether (sulfide) groups is 1. The van der Waals surface area contributed by atoms with Gasteiger partial charge in [0.25, 0.3) is 11.1 Å². The number of methoxy groups -OCH3 is 3. The maximum Gasteiger partial charge on any atom is 0.289 e. The van der Waals surface area contributed by atoms with Crippen LogP contribution in [0.15, 0.2) is 12.1 Å². The number of hydrogen-bond acceptors (Lipinski definition) is 7. The third-order valence-corrected chi connectivity index (χ3v) is 5.65. The number of carbonyl (C=O) groups excluding carboxylic acids is 3. The van der Waals surface area contributed by atoms with Crippen LogP contribution in [0.25, 0.3) is 0 Å². The van der Waals surface area contributed by atoms with Crippen molar-refractivity contribution in [2.45, 2.75) is 18.9 Å². The molecule has 1 aromatic rings. The molecule has 2 saturated heterocycles. The molecule has 2 aliphatic heterocycles. The van der Waals surface area contributed by atoms with Crippen LogP contribution < -0.4 is 14.2 Å². The van der Waals surface area contributed by atoms with Crippen molar-refractivity contribution in [3.63, 3.8) is 0 Å². The van der Waals surface area contributed by atoms with Gasteiger partial charge in [0, 0.05) is 24.7 Å². The molecule has 3 rings (SSSR count). The number of likely N-dealkylation sites (tertiary alicyclic amines) is 1. The molecule has 0 unspecified atom stereocenters. The Bertz CT molecular complexity index is 719. The number of imide groups is 1. The first-order valence-corrected chi connectivity index (χ1v) is 9.56. The summed E-state index contributed by atoms with van der Waals surface area (Å²) >= 11 is 1.04. The van der Waals surface area contributed by atoms with Crippen LogP contribution in [0.3, 0.4) is 0 Å². The van der Waals surface area contributed by atoms with Crippen LogP contribution in [0.1, 0.15) is 23.2 Å². The van der Waals surface area contributed by atoms with E-state index in [1.165, 1.54) is 26.2 Å². The van der Waals surface area contributed by atoms with E-state index in [1.54, 1.807) is 17.0 Å². The highest BCUT2D eigenvalue weighted by molar-refractivity contribution is 8.14. The molecule has 0 spiro atoms. The van der Waals surface area contributed by atoms with Gasteiger partial charge in [0.15, 0.2) is 11.5 Å². The van der Waals surface area contributed by atoms with Gasteiger partial charge in [0.2, 0.25) is 11.7 Å². The van der Waals surface area contributed by atoms with Crippen molar-refractivity contribution < 1.29 is 28.6 Å². The molecule has 0 radical (unpaired) electrons. The summed E-state index contributed by atoms with van der Waals surface area (Å²) < 4.78 is 15.9. The van der Waals surface area contributed by atoms with Gasteiger partial charge >= 0.3 is 0 Å². The second kappa shape index (κ2) is 8.08. The summed E-state index contributed by atoms with van der Waals surface area (Å²) in [4.78, 5) is 39.7. The van der Waals surface area contributed by atoms with Crippen molar-refractivity contribution in [1.29, 1.82) is 0 Å². The van der Waals surface area contributed by atoms with Gasteiger partial charge in [0.1, 0.15) is 0 Å². The molecule has 0 aliphatic carbocycles.